The van der Waals surface area contributed by atoms with Crippen LogP contribution in [0, 0.1) is 0 Å². The second-order valence-corrected chi connectivity index (χ2v) is 4.88. The van der Waals surface area contributed by atoms with Crippen molar-refractivity contribution in [3.05, 3.63) is 42.2 Å². The van der Waals surface area contributed by atoms with Crippen LogP contribution in [0.15, 0.2) is 36.5 Å². The zero-order chi connectivity index (χ0) is 12.5. The Bertz CT molecular complexity index is 550. The van der Waals surface area contributed by atoms with Crippen LogP contribution in [0.2, 0.25) is 0 Å². The van der Waals surface area contributed by atoms with Gasteiger partial charge in [-0.1, -0.05) is 24.3 Å². The van der Waals surface area contributed by atoms with Gasteiger partial charge in [-0.15, -0.1) is 0 Å². The van der Waals surface area contributed by atoms with E-state index in [1.165, 1.54) is 0 Å². The third kappa shape index (κ3) is 2.61. The number of nitrogens with zero attached hydrogens (tertiary/aromatic N) is 1. The van der Waals surface area contributed by atoms with Crippen LogP contribution in [-0.4, -0.2) is 16.6 Å². The molecule has 0 radical (unpaired) electrons. The number of carbonyl (C=O) groups excluding carboxylic acids is 1. The van der Waals surface area contributed by atoms with Gasteiger partial charge in [-0.3, -0.25) is 0 Å². The van der Waals surface area contributed by atoms with E-state index in [0.29, 0.717) is 5.69 Å². The topological polar surface area (TPSA) is 39.2 Å². The molecule has 0 spiro atoms. The number of fused-ring (bicyclic) bond motifs is 1. The molecule has 0 unspecified atom stereocenters. The van der Waals surface area contributed by atoms with Crippen molar-refractivity contribution in [3.8, 4) is 0 Å². The van der Waals surface area contributed by atoms with Gasteiger partial charge in [-0.25, -0.2) is 9.78 Å². The van der Waals surface area contributed by atoms with Gasteiger partial charge in [0, 0.05) is 11.6 Å². The van der Waals surface area contributed by atoms with Crippen LogP contribution in [0.3, 0.4) is 0 Å². The number of esters is 1. The summed E-state index contributed by atoms with van der Waals surface area (Å²) in [6.07, 6.45) is 1.63. The van der Waals surface area contributed by atoms with Gasteiger partial charge in [-0.2, -0.15) is 0 Å². The number of pyridine rings is 1. The Morgan fingerprint density at radius 2 is 1.88 bits per heavy atom. The summed E-state index contributed by atoms with van der Waals surface area (Å²) in [6.45, 7) is 5.53. The minimum Gasteiger partial charge on any atom is -0.455 e. The molecule has 0 N–H and O–H groups in total. The third-order valence-corrected chi connectivity index (χ3v) is 2.27. The third-order valence-electron chi connectivity index (χ3n) is 2.27. The van der Waals surface area contributed by atoms with Gasteiger partial charge in [0.2, 0.25) is 0 Å². The highest BCUT2D eigenvalue weighted by Crippen LogP contribution is 2.19. The number of rotatable bonds is 1. The smallest absolute Gasteiger partial charge is 0.358 e. The summed E-state index contributed by atoms with van der Waals surface area (Å²) in [7, 11) is 0. The lowest BCUT2D eigenvalue weighted by molar-refractivity contribution is 0.00654. The first-order valence-corrected chi connectivity index (χ1v) is 5.54. The van der Waals surface area contributed by atoms with Gasteiger partial charge in [0.25, 0.3) is 0 Å². The maximum Gasteiger partial charge on any atom is 0.358 e. The van der Waals surface area contributed by atoms with E-state index in [-0.39, 0.29) is 5.97 Å². The number of benzene rings is 1. The largest absolute Gasteiger partial charge is 0.455 e. The quantitative estimate of drug-likeness (QED) is 0.705. The molecule has 0 saturated carbocycles. The van der Waals surface area contributed by atoms with Crippen molar-refractivity contribution < 1.29 is 9.53 Å². The summed E-state index contributed by atoms with van der Waals surface area (Å²) in [4.78, 5) is 16.1. The maximum absolute atomic E-state index is 12.0. The van der Waals surface area contributed by atoms with Crippen LogP contribution in [0.25, 0.3) is 10.8 Å². The summed E-state index contributed by atoms with van der Waals surface area (Å²) in [5, 5.41) is 1.81. The lowest BCUT2D eigenvalue weighted by Gasteiger charge is -2.19. The second kappa shape index (κ2) is 4.17. The molecular weight excluding hydrogens is 214 g/mol. The van der Waals surface area contributed by atoms with Crippen LogP contribution in [0.1, 0.15) is 31.3 Å². The molecule has 17 heavy (non-hydrogen) atoms. The minimum atomic E-state index is -0.504. The highest BCUT2D eigenvalue weighted by atomic mass is 16.6. The van der Waals surface area contributed by atoms with Gasteiger partial charge in [0.15, 0.2) is 5.69 Å². The first-order valence-electron chi connectivity index (χ1n) is 5.54. The molecule has 0 atom stereocenters. The van der Waals surface area contributed by atoms with Gasteiger partial charge in [0.1, 0.15) is 5.60 Å². The van der Waals surface area contributed by atoms with Crippen molar-refractivity contribution in [2.45, 2.75) is 26.4 Å². The molecule has 0 bridgehead atoms. The van der Waals surface area contributed by atoms with Gasteiger partial charge >= 0.3 is 5.97 Å². The Morgan fingerprint density at radius 3 is 2.59 bits per heavy atom. The van der Waals surface area contributed by atoms with E-state index in [4.69, 9.17) is 4.74 Å². The fourth-order valence-electron chi connectivity index (χ4n) is 1.61. The Labute approximate surface area is 100 Å². The summed E-state index contributed by atoms with van der Waals surface area (Å²) >= 11 is 0. The Kier molecular flexibility index (Phi) is 2.84. The fourth-order valence-corrected chi connectivity index (χ4v) is 1.61. The average Bonchev–Trinajstić information content (AvgIpc) is 2.26. The number of carbonyl (C=O) groups is 1. The first kappa shape index (κ1) is 11.6. The molecule has 0 amide bonds. The van der Waals surface area contributed by atoms with Crippen molar-refractivity contribution in [3.63, 3.8) is 0 Å². The molecule has 1 aromatic heterocycles. The van der Waals surface area contributed by atoms with E-state index in [1.54, 1.807) is 6.20 Å². The highest BCUT2D eigenvalue weighted by molar-refractivity contribution is 6.02. The van der Waals surface area contributed by atoms with Crippen LogP contribution < -0.4 is 0 Å². The van der Waals surface area contributed by atoms with Crippen molar-refractivity contribution in [2.24, 2.45) is 0 Å². The Balaban J connectivity index is 2.45. The minimum absolute atomic E-state index is 0.373. The molecule has 88 valence electrons. The molecule has 3 nitrogen and oxygen atoms in total. The van der Waals surface area contributed by atoms with E-state index < -0.39 is 5.60 Å². The van der Waals surface area contributed by atoms with Gasteiger partial charge in [0.05, 0.1) is 0 Å². The summed E-state index contributed by atoms with van der Waals surface area (Å²) in [5.74, 6) is -0.380. The number of hydrogen-bond donors (Lipinski definition) is 0. The van der Waals surface area contributed by atoms with E-state index in [9.17, 15) is 4.79 Å². The van der Waals surface area contributed by atoms with E-state index >= 15 is 0 Å². The van der Waals surface area contributed by atoms with Crippen molar-refractivity contribution in [1.82, 2.24) is 4.98 Å². The molecule has 0 fully saturated rings. The zero-order valence-corrected chi connectivity index (χ0v) is 10.2. The van der Waals surface area contributed by atoms with Gasteiger partial charge < -0.3 is 4.74 Å². The summed E-state index contributed by atoms with van der Waals surface area (Å²) in [6, 6.07) is 9.52. The Hall–Kier alpha value is -1.90. The molecule has 0 aliphatic carbocycles. The highest BCUT2D eigenvalue weighted by Gasteiger charge is 2.20. The SMILES string of the molecule is CC(C)(C)OC(=O)c1nccc2ccccc12. The molecular formula is C14H15NO2. The predicted molar refractivity (Wildman–Crippen MR) is 66.9 cm³/mol. The average molecular weight is 229 g/mol. The van der Waals surface area contributed by atoms with Crippen molar-refractivity contribution in [2.75, 3.05) is 0 Å². The van der Waals surface area contributed by atoms with Gasteiger partial charge in [-0.05, 0) is 32.2 Å². The number of aromatic nitrogens is 1. The molecule has 1 aromatic carbocycles. The number of ether oxygens (including phenoxy) is 1. The molecule has 1 heterocycles. The van der Waals surface area contributed by atoms with E-state index in [2.05, 4.69) is 4.98 Å². The van der Waals surface area contributed by atoms with Crippen LogP contribution >= 0.6 is 0 Å². The molecule has 3 heteroatoms. The summed E-state index contributed by atoms with van der Waals surface area (Å²) < 4.78 is 5.33. The summed E-state index contributed by atoms with van der Waals surface area (Å²) in [5.41, 5.74) is -0.131. The predicted octanol–water partition coefficient (Wildman–Crippen LogP) is 3.19. The molecule has 0 aliphatic rings. The first-order chi connectivity index (χ1) is 7.97. The van der Waals surface area contributed by atoms with E-state index in [0.717, 1.165) is 10.8 Å². The second-order valence-electron chi connectivity index (χ2n) is 4.88. The standard InChI is InChI=1S/C14H15NO2/c1-14(2,3)17-13(16)12-11-7-5-4-6-10(11)8-9-15-12/h4-9H,1-3H3. The molecule has 0 saturated heterocycles. The molecule has 2 aromatic rings. The maximum atomic E-state index is 12.0. The molecule has 2 rings (SSSR count). The van der Waals surface area contributed by atoms with Crippen LogP contribution in [-0.2, 0) is 4.74 Å². The Morgan fingerprint density at radius 1 is 1.18 bits per heavy atom. The monoisotopic (exact) mass is 229 g/mol. The fraction of sp³-hybridized carbons (Fsp3) is 0.286. The van der Waals surface area contributed by atoms with Crippen molar-refractivity contribution in [1.29, 1.82) is 0 Å². The van der Waals surface area contributed by atoms with Crippen LogP contribution in [0.5, 0.6) is 0 Å². The normalized spacial score (nSPS) is 11.5. The number of hydrogen-bond acceptors (Lipinski definition) is 3. The zero-order valence-electron chi connectivity index (χ0n) is 10.2. The molecule has 0 aliphatic heterocycles. The van der Waals surface area contributed by atoms with Crippen LogP contribution in [0.4, 0.5) is 0 Å². The van der Waals surface area contributed by atoms with E-state index in [1.807, 2.05) is 51.1 Å². The lowest BCUT2D eigenvalue weighted by Crippen LogP contribution is -2.24. The lowest BCUT2D eigenvalue weighted by atomic mass is 10.1. The van der Waals surface area contributed by atoms with Crippen molar-refractivity contribution >= 4 is 16.7 Å².